The summed E-state index contributed by atoms with van der Waals surface area (Å²) in [5.41, 5.74) is -3.24. The lowest BCUT2D eigenvalue weighted by Crippen LogP contribution is -2.18. The number of nitrogens with one attached hydrogen (secondary N) is 1. The number of thioether (sulfide) groups is 1. The second-order valence-electron chi connectivity index (χ2n) is 3.14. The Morgan fingerprint density at radius 1 is 1.18 bits per heavy atom. The van der Waals surface area contributed by atoms with Gasteiger partial charge in [0.1, 0.15) is 0 Å². The number of hydrogen-bond acceptors (Lipinski definition) is 2. The van der Waals surface area contributed by atoms with Crippen LogP contribution in [0.15, 0.2) is 30.3 Å². The summed E-state index contributed by atoms with van der Waals surface area (Å²) in [6.45, 7) is 0.695. The van der Waals surface area contributed by atoms with Crippen molar-refractivity contribution in [2.45, 2.75) is 5.51 Å². The molecule has 0 aliphatic heterocycles. The van der Waals surface area contributed by atoms with Gasteiger partial charge in [-0.2, -0.15) is 13.2 Å². The number of halogens is 3. The van der Waals surface area contributed by atoms with Crippen molar-refractivity contribution in [1.82, 2.24) is 5.32 Å². The van der Waals surface area contributed by atoms with Crippen LogP contribution in [0.1, 0.15) is 5.56 Å². The average molecular weight is 259 g/mol. The summed E-state index contributed by atoms with van der Waals surface area (Å²) in [4.78, 5) is 0. The van der Waals surface area contributed by atoms with Crippen LogP contribution in [-0.2, 0) is 0 Å². The number of hydrogen-bond donors (Lipinski definition) is 1. The molecule has 0 aromatic heterocycles. The Morgan fingerprint density at radius 3 is 2.53 bits per heavy atom. The number of rotatable bonds is 4. The minimum absolute atomic E-state index is 0.0104. The van der Waals surface area contributed by atoms with E-state index >= 15 is 0 Å². The summed E-state index contributed by atoms with van der Waals surface area (Å²) >= 11 is -0.0227. The Labute approximate surface area is 103 Å². The van der Waals surface area contributed by atoms with Crippen LogP contribution in [-0.4, -0.2) is 24.4 Å². The van der Waals surface area contributed by atoms with Gasteiger partial charge in [-0.1, -0.05) is 30.0 Å². The standard InChI is InChI=1S/C12H12F3NS/c13-12(14,15)17-10-9-16-8-4-7-11-5-2-1-3-6-11/h1-3,5-6,16H,8-10H2. The molecule has 1 aromatic rings. The topological polar surface area (TPSA) is 12.0 Å². The summed E-state index contributed by atoms with van der Waals surface area (Å²) in [6, 6.07) is 9.44. The lowest BCUT2D eigenvalue weighted by Gasteiger charge is -2.04. The van der Waals surface area contributed by atoms with E-state index in [-0.39, 0.29) is 17.5 Å². The lowest BCUT2D eigenvalue weighted by atomic mass is 10.2. The van der Waals surface area contributed by atoms with Gasteiger partial charge in [-0.3, -0.25) is 0 Å². The quantitative estimate of drug-likeness (QED) is 0.659. The molecule has 0 heterocycles. The van der Waals surface area contributed by atoms with Crippen LogP contribution in [0.5, 0.6) is 0 Å². The Bertz CT molecular complexity index is 378. The molecule has 0 aliphatic rings. The maximum Gasteiger partial charge on any atom is 0.441 e. The minimum atomic E-state index is -4.14. The highest BCUT2D eigenvalue weighted by atomic mass is 32.2. The van der Waals surface area contributed by atoms with E-state index in [1.54, 1.807) is 0 Å². The molecule has 1 nitrogen and oxygen atoms in total. The summed E-state index contributed by atoms with van der Waals surface area (Å²) in [6.07, 6.45) is 0. The van der Waals surface area contributed by atoms with Gasteiger partial charge >= 0.3 is 5.51 Å². The van der Waals surface area contributed by atoms with Crippen LogP contribution in [0, 0.1) is 11.8 Å². The van der Waals surface area contributed by atoms with Crippen molar-refractivity contribution in [3.8, 4) is 11.8 Å². The molecule has 0 spiro atoms. The molecule has 0 unspecified atom stereocenters. The minimum Gasteiger partial charge on any atom is -0.305 e. The second-order valence-corrected chi connectivity index (χ2v) is 4.30. The molecule has 5 heteroatoms. The molecule has 1 rings (SSSR count). The van der Waals surface area contributed by atoms with Gasteiger partial charge in [0, 0.05) is 17.9 Å². The molecule has 17 heavy (non-hydrogen) atoms. The molecule has 0 amide bonds. The maximum atomic E-state index is 11.8. The summed E-state index contributed by atoms with van der Waals surface area (Å²) in [5, 5.41) is 2.83. The first-order valence-corrected chi connectivity index (χ1v) is 6.02. The fraction of sp³-hybridized carbons (Fsp3) is 0.333. The third-order valence-electron chi connectivity index (χ3n) is 1.76. The predicted molar refractivity (Wildman–Crippen MR) is 64.7 cm³/mol. The Morgan fingerprint density at radius 2 is 1.88 bits per heavy atom. The summed E-state index contributed by atoms with van der Waals surface area (Å²) < 4.78 is 35.3. The van der Waals surface area contributed by atoms with Crippen LogP contribution in [0.25, 0.3) is 0 Å². The van der Waals surface area contributed by atoms with Crippen molar-refractivity contribution >= 4 is 11.8 Å². The highest BCUT2D eigenvalue weighted by molar-refractivity contribution is 8.00. The molecule has 0 bridgehead atoms. The first-order valence-electron chi connectivity index (χ1n) is 5.03. The summed E-state index contributed by atoms with van der Waals surface area (Å²) in [5.74, 6) is 5.77. The Hall–Kier alpha value is -1.12. The number of alkyl halides is 3. The largest absolute Gasteiger partial charge is 0.441 e. The molecule has 92 valence electrons. The van der Waals surface area contributed by atoms with Crippen LogP contribution < -0.4 is 5.32 Å². The highest BCUT2D eigenvalue weighted by Gasteiger charge is 2.27. The Kier molecular flexibility index (Phi) is 5.95. The third-order valence-corrected chi connectivity index (χ3v) is 2.50. The van der Waals surface area contributed by atoms with Crippen molar-refractivity contribution in [3.63, 3.8) is 0 Å². The first kappa shape index (κ1) is 13.9. The molecule has 1 N–H and O–H groups in total. The van der Waals surface area contributed by atoms with Crippen molar-refractivity contribution in [2.75, 3.05) is 18.8 Å². The van der Waals surface area contributed by atoms with Crippen molar-refractivity contribution in [2.24, 2.45) is 0 Å². The number of benzene rings is 1. The molecular weight excluding hydrogens is 247 g/mol. The zero-order valence-corrected chi connectivity index (χ0v) is 9.87. The second kappa shape index (κ2) is 7.25. The highest BCUT2D eigenvalue weighted by Crippen LogP contribution is 2.29. The van der Waals surface area contributed by atoms with Gasteiger partial charge in [-0.15, -0.1) is 0 Å². The fourth-order valence-corrected chi connectivity index (χ4v) is 1.54. The van der Waals surface area contributed by atoms with Gasteiger partial charge < -0.3 is 5.32 Å². The molecule has 0 radical (unpaired) electrons. The van der Waals surface area contributed by atoms with Gasteiger partial charge in [0.05, 0.1) is 6.54 Å². The maximum absolute atomic E-state index is 11.8. The van der Waals surface area contributed by atoms with Crippen molar-refractivity contribution in [3.05, 3.63) is 35.9 Å². The fourth-order valence-electron chi connectivity index (χ4n) is 1.06. The third kappa shape index (κ3) is 7.72. The first-order chi connectivity index (χ1) is 8.08. The zero-order chi connectivity index (χ0) is 12.6. The SMILES string of the molecule is FC(F)(F)SCCNCC#Cc1ccccc1. The van der Waals surface area contributed by atoms with Gasteiger partial charge in [0.25, 0.3) is 0 Å². The van der Waals surface area contributed by atoms with E-state index in [1.807, 2.05) is 30.3 Å². The molecule has 1 aromatic carbocycles. The lowest BCUT2D eigenvalue weighted by molar-refractivity contribution is -0.0327. The van der Waals surface area contributed by atoms with E-state index in [1.165, 1.54) is 0 Å². The van der Waals surface area contributed by atoms with Crippen LogP contribution in [0.4, 0.5) is 13.2 Å². The van der Waals surface area contributed by atoms with Gasteiger partial charge in [0.2, 0.25) is 0 Å². The normalized spacial score (nSPS) is 10.8. The molecule has 0 saturated carbocycles. The van der Waals surface area contributed by atoms with Crippen molar-refractivity contribution in [1.29, 1.82) is 0 Å². The molecular formula is C12H12F3NS. The van der Waals surface area contributed by atoms with Crippen LogP contribution in [0.2, 0.25) is 0 Å². The van der Waals surface area contributed by atoms with Gasteiger partial charge in [-0.25, -0.2) is 0 Å². The van der Waals surface area contributed by atoms with Crippen LogP contribution >= 0.6 is 11.8 Å². The van der Waals surface area contributed by atoms with E-state index in [9.17, 15) is 13.2 Å². The molecule has 0 aliphatic carbocycles. The van der Waals surface area contributed by atoms with E-state index < -0.39 is 5.51 Å². The summed E-state index contributed by atoms with van der Waals surface area (Å²) in [7, 11) is 0. The van der Waals surface area contributed by atoms with Gasteiger partial charge in [0.15, 0.2) is 0 Å². The molecule has 0 fully saturated rings. The Balaban J connectivity index is 2.11. The van der Waals surface area contributed by atoms with Crippen molar-refractivity contribution < 1.29 is 13.2 Å². The predicted octanol–water partition coefficient (Wildman–Crippen LogP) is 2.88. The molecule has 0 atom stereocenters. The van der Waals surface area contributed by atoms with E-state index in [4.69, 9.17) is 0 Å². The molecule has 0 saturated heterocycles. The smallest absolute Gasteiger partial charge is 0.305 e. The van der Waals surface area contributed by atoms with Crippen LogP contribution in [0.3, 0.4) is 0 Å². The van der Waals surface area contributed by atoms with Gasteiger partial charge in [-0.05, 0) is 23.9 Å². The monoisotopic (exact) mass is 259 g/mol. The zero-order valence-electron chi connectivity index (χ0n) is 9.05. The van der Waals surface area contributed by atoms with E-state index in [0.717, 1.165) is 5.56 Å². The van der Waals surface area contributed by atoms with E-state index in [0.29, 0.717) is 13.1 Å². The van der Waals surface area contributed by atoms with E-state index in [2.05, 4.69) is 17.2 Å². The average Bonchev–Trinajstić information content (AvgIpc) is 2.28.